The van der Waals surface area contributed by atoms with E-state index in [4.69, 9.17) is 5.73 Å². The second-order valence-corrected chi connectivity index (χ2v) is 2.53. The minimum absolute atomic E-state index is 0.184. The molecule has 0 aliphatic heterocycles. The van der Waals surface area contributed by atoms with Gasteiger partial charge < -0.3 is 15.8 Å². The van der Waals surface area contributed by atoms with Crippen molar-refractivity contribution in [3.63, 3.8) is 0 Å². The monoisotopic (exact) mass is 222 g/mol. The molecule has 1 heterocycles. The molecule has 1 aromatic heterocycles. The number of nitrogens with zero attached hydrogens (tertiary/aromatic N) is 2. The van der Waals surface area contributed by atoms with Crippen LogP contribution in [0.4, 0.5) is 24.9 Å². The van der Waals surface area contributed by atoms with Gasteiger partial charge in [0.05, 0.1) is 0 Å². The van der Waals surface area contributed by atoms with Gasteiger partial charge in [-0.3, -0.25) is 0 Å². The van der Waals surface area contributed by atoms with E-state index in [1.165, 1.54) is 0 Å². The average Bonchev–Trinajstić information content (AvgIpc) is 1.99. The van der Waals surface area contributed by atoms with Crippen molar-refractivity contribution < 1.29 is 17.9 Å². The minimum atomic E-state index is -4.79. The van der Waals surface area contributed by atoms with E-state index in [0.717, 1.165) is 6.07 Å². The minimum Gasteiger partial charge on any atom is -0.388 e. The Morgan fingerprint density at radius 1 is 1.47 bits per heavy atom. The number of nitrogens with one attached hydrogen (secondary N) is 1. The standard InChI is InChI=1S/C7H9F3N4O/c1-2-12-4-3-5(14-6(11)13-4)15-7(8,9)10/h3H,2H2,1H3,(H3,11,12,13,14). The molecule has 0 spiro atoms. The number of ether oxygens (including phenoxy) is 1. The van der Waals surface area contributed by atoms with Gasteiger partial charge in [-0.25, -0.2) is 0 Å². The van der Waals surface area contributed by atoms with Crippen molar-refractivity contribution in [3.8, 4) is 5.88 Å². The maximum atomic E-state index is 11.8. The molecule has 0 amide bonds. The van der Waals surface area contributed by atoms with E-state index in [0.29, 0.717) is 6.54 Å². The van der Waals surface area contributed by atoms with Crippen molar-refractivity contribution in [1.29, 1.82) is 0 Å². The summed E-state index contributed by atoms with van der Waals surface area (Å²) >= 11 is 0. The molecule has 1 rings (SSSR count). The summed E-state index contributed by atoms with van der Waals surface area (Å²) in [5.74, 6) is -0.733. The molecule has 0 fully saturated rings. The summed E-state index contributed by atoms with van der Waals surface area (Å²) in [5.41, 5.74) is 5.20. The van der Waals surface area contributed by atoms with Gasteiger partial charge in [0.2, 0.25) is 11.8 Å². The molecule has 0 saturated carbocycles. The number of aromatic nitrogens is 2. The fourth-order valence-corrected chi connectivity index (χ4v) is 0.885. The van der Waals surface area contributed by atoms with Crippen LogP contribution in [0.1, 0.15) is 6.92 Å². The Morgan fingerprint density at radius 2 is 2.13 bits per heavy atom. The Bertz CT molecular complexity index is 341. The van der Waals surface area contributed by atoms with Crippen LogP contribution in [-0.4, -0.2) is 22.9 Å². The molecule has 0 atom stereocenters. The molecule has 84 valence electrons. The van der Waals surface area contributed by atoms with Crippen LogP contribution in [0.2, 0.25) is 0 Å². The zero-order chi connectivity index (χ0) is 11.5. The highest BCUT2D eigenvalue weighted by atomic mass is 19.4. The summed E-state index contributed by atoms with van der Waals surface area (Å²) in [6.07, 6.45) is -4.79. The van der Waals surface area contributed by atoms with Gasteiger partial charge in [0.25, 0.3) is 0 Å². The molecule has 0 unspecified atom stereocenters. The van der Waals surface area contributed by atoms with Crippen LogP contribution < -0.4 is 15.8 Å². The first-order chi connectivity index (χ1) is 6.90. The first kappa shape index (κ1) is 11.3. The lowest BCUT2D eigenvalue weighted by atomic mass is 10.5. The van der Waals surface area contributed by atoms with Crippen molar-refractivity contribution in [2.75, 3.05) is 17.6 Å². The maximum Gasteiger partial charge on any atom is 0.574 e. The first-order valence-corrected chi connectivity index (χ1v) is 4.05. The van der Waals surface area contributed by atoms with Crippen LogP contribution in [0.15, 0.2) is 6.07 Å². The van der Waals surface area contributed by atoms with Gasteiger partial charge in [-0.2, -0.15) is 9.97 Å². The SMILES string of the molecule is CCNc1cc(OC(F)(F)F)nc(N)n1. The van der Waals surface area contributed by atoms with Crippen LogP contribution in [0.25, 0.3) is 0 Å². The van der Waals surface area contributed by atoms with Crippen molar-refractivity contribution >= 4 is 11.8 Å². The number of halogens is 3. The average molecular weight is 222 g/mol. The third-order valence-electron chi connectivity index (χ3n) is 1.30. The van der Waals surface area contributed by atoms with Crippen molar-refractivity contribution in [2.45, 2.75) is 13.3 Å². The van der Waals surface area contributed by atoms with Gasteiger partial charge in [0.1, 0.15) is 5.82 Å². The quantitative estimate of drug-likeness (QED) is 0.808. The zero-order valence-corrected chi connectivity index (χ0v) is 7.80. The largest absolute Gasteiger partial charge is 0.574 e. The number of rotatable bonds is 3. The third kappa shape index (κ3) is 3.88. The van der Waals surface area contributed by atoms with Crippen LogP contribution in [-0.2, 0) is 0 Å². The summed E-state index contributed by atoms with van der Waals surface area (Å²) in [7, 11) is 0. The molecule has 3 N–H and O–H groups in total. The smallest absolute Gasteiger partial charge is 0.388 e. The Kier molecular flexibility index (Phi) is 3.17. The van der Waals surface area contributed by atoms with Crippen molar-refractivity contribution in [1.82, 2.24) is 9.97 Å². The fourth-order valence-electron chi connectivity index (χ4n) is 0.885. The van der Waals surface area contributed by atoms with Crippen molar-refractivity contribution in [2.24, 2.45) is 0 Å². The molecule has 0 bridgehead atoms. The predicted octanol–water partition coefficient (Wildman–Crippen LogP) is 1.39. The zero-order valence-electron chi connectivity index (χ0n) is 7.80. The molecular weight excluding hydrogens is 213 g/mol. The van der Waals surface area contributed by atoms with E-state index in [1.807, 2.05) is 0 Å². The molecule has 5 nitrogen and oxygen atoms in total. The lowest BCUT2D eigenvalue weighted by Gasteiger charge is -2.09. The summed E-state index contributed by atoms with van der Waals surface area (Å²) < 4.78 is 39.1. The summed E-state index contributed by atoms with van der Waals surface area (Å²) in [4.78, 5) is 6.95. The fraction of sp³-hybridized carbons (Fsp3) is 0.429. The van der Waals surface area contributed by atoms with Crippen LogP contribution in [0.3, 0.4) is 0 Å². The topological polar surface area (TPSA) is 73.1 Å². The molecule has 0 saturated heterocycles. The van der Waals surface area contributed by atoms with Crippen LogP contribution >= 0.6 is 0 Å². The molecule has 0 aliphatic carbocycles. The highest BCUT2D eigenvalue weighted by Crippen LogP contribution is 2.23. The Hall–Kier alpha value is -1.73. The molecule has 15 heavy (non-hydrogen) atoms. The van der Waals surface area contributed by atoms with E-state index < -0.39 is 12.2 Å². The number of alkyl halides is 3. The summed E-state index contributed by atoms with van der Waals surface area (Å²) in [5, 5.41) is 2.70. The van der Waals surface area contributed by atoms with E-state index in [-0.39, 0.29) is 11.8 Å². The van der Waals surface area contributed by atoms with Gasteiger partial charge >= 0.3 is 6.36 Å². The molecule has 8 heteroatoms. The normalized spacial score (nSPS) is 11.2. The van der Waals surface area contributed by atoms with Crippen LogP contribution in [0.5, 0.6) is 5.88 Å². The van der Waals surface area contributed by atoms with Gasteiger partial charge in [-0.05, 0) is 6.92 Å². The second-order valence-electron chi connectivity index (χ2n) is 2.53. The molecule has 0 radical (unpaired) electrons. The Morgan fingerprint density at radius 3 is 2.67 bits per heavy atom. The van der Waals surface area contributed by atoms with Gasteiger partial charge in [0.15, 0.2) is 0 Å². The van der Waals surface area contributed by atoms with Gasteiger partial charge in [-0.1, -0.05) is 0 Å². The first-order valence-electron chi connectivity index (χ1n) is 4.05. The Balaban J connectivity index is 2.88. The molecule has 1 aromatic rings. The molecular formula is C7H9F3N4O. The van der Waals surface area contributed by atoms with E-state index >= 15 is 0 Å². The highest BCUT2D eigenvalue weighted by molar-refractivity contribution is 5.42. The number of nitrogens with two attached hydrogens (primary N) is 1. The molecule has 0 aliphatic rings. The Labute approximate surface area is 83.5 Å². The maximum absolute atomic E-state index is 11.8. The lowest BCUT2D eigenvalue weighted by molar-refractivity contribution is -0.276. The summed E-state index contributed by atoms with van der Waals surface area (Å²) in [6.45, 7) is 2.27. The second kappa shape index (κ2) is 4.20. The van der Waals surface area contributed by atoms with E-state index in [2.05, 4.69) is 20.0 Å². The van der Waals surface area contributed by atoms with E-state index in [9.17, 15) is 13.2 Å². The van der Waals surface area contributed by atoms with Crippen LogP contribution in [0, 0.1) is 0 Å². The van der Waals surface area contributed by atoms with Gasteiger partial charge in [0, 0.05) is 12.6 Å². The predicted molar refractivity (Wildman–Crippen MR) is 47.3 cm³/mol. The van der Waals surface area contributed by atoms with Gasteiger partial charge in [-0.15, -0.1) is 13.2 Å². The number of hydrogen-bond donors (Lipinski definition) is 2. The number of anilines is 2. The number of hydrogen-bond acceptors (Lipinski definition) is 5. The summed E-state index contributed by atoms with van der Waals surface area (Å²) in [6, 6.07) is 1.02. The lowest BCUT2D eigenvalue weighted by Crippen LogP contribution is -2.18. The highest BCUT2D eigenvalue weighted by Gasteiger charge is 2.32. The molecule has 0 aromatic carbocycles. The third-order valence-corrected chi connectivity index (χ3v) is 1.30. The van der Waals surface area contributed by atoms with Crippen molar-refractivity contribution in [3.05, 3.63) is 6.07 Å². The number of nitrogen functional groups attached to an aromatic ring is 1. The van der Waals surface area contributed by atoms with E-state index in [1.54, 1.807) is 6.92 Å².